The first-order valence-corrected chi connectivity index (χ1v) is 7.93. The van der Waals surface area contributed by atoms with E-state index in [0.29, 0.717) is 10.4 Å². The third-order valence-electron chi connectivity index (χ3n) is 2.72. The third kappa shape index (κ3) is 3.51. The molecular formula is C14H15NO5Se. The molecule has 0 radical (unpaired) electrons. The third-order valence-corrected chi connectivity index (χ3v) is 5.08. The van der Waals surface area contributed by atoms with E-state index in [1.54, 1.807) is 26.2 Å². The Bertz CT molecular complexity index is 596. The second-order valence-corrected chi connectivity index (χ2v) is 6.30. The van der Waals surface area contributed by atoms with Crippen LogP contribution < -0.4 is 4.74 Å². The van der Waals surface area contributed by atoms with Crippen LogP contribution in [0.15, 0.2) is 39.8 Å². The van der Waals surface area contributed by atoms with Crippen molar-refractivity contribution >= 4 is 25.5 Å². The van der Waals surface area contributed by atoms with Crippen LogP contribution in [0.3, 0.4) is 0 Å². The number of rotatable bonds is 5. The monoisotopic (exact) mass is 357 g/mol. The zero-order chi connectivity index (χ0) is 15.5. The predicted molar refractivity (Wildman–Crippen MR) is 77.6 cm³/mol. The minimum absolute atomic E-state index is 0.225. The summed E-state index contributed by atoms with van der Waals surface area (Å²) in [6, 6.07) is 7.20. The number of benzene rings is 1. The van der Waals surface area contributed by atoms with Crippen molar-refractivity contribution < 1.29 is 24.5 Å². The van der Waals surface area contributed by atoms with Crippen molar-refractivity contribution in [2.45, 2.75) is 12.8 Å². The molecule has 1 aliphatic rings. The topological polar surface area (TPSA) is 88.4 Å². The average molecular weight is 356 g/mol. The molecule has 1 unspecified atom stereocenters. The molecule has 0 aliphatic carbocycles. The van der Waals surface area contributed by atoms with E-state index in [-0.39, 0.29) is 11.1 Å². The van der Waals surface area contributed by atoms with Crippen LogP contribution in [0.1, 0.15) is 12.5 Å². The molecule has 1 aromatic carbocycles. The van der Waals surface area contributed by atoms with Gasteiger partial charge in [-0.15, -0.1) is 0 Å². The van der Waals surface area contributed by atoms with E-state index in [2.05, 4.69) is 4.99 Å². The Kier molecular flexibility index (Phi) is 4.80. The van der Waals surface area contributed by atoms with Crippen LogP contribution >= 0.6 is 0 Å². The maximum absolute atomic E-state index is 10.9. The molecule has 21 heavy (non-hydrogen) atoms. The summed E-state index contributed by atoms with van der Waals surface area (Å²) in [6.45, 7) is 1.94. The van der Waals surface area contributed by atoms with Gasteiger partial charge in [0.05, 0.1) is 0 Å². The molecule has 6 nitrogen and oxygen atoms in total. The summed E-state index contributed by atoms with van der Waals surface area (Å²) >= 11 is -0.420. The Morgan fingerprint density at radius 3 is 2.62 bits per heavy atom. The van der Waals surface area contributed by atoms with E-state index in [9.17, 15) is 9.90 Å². The number of aliphatic carboxylic acids is 1. The van der Waals surface area contributed by atoms with Crippen LogP contribution in [0, 0.1) is 0 Å². The van der Waals surface area contributed by atoms with Crippen molar-refractivity contribution in [3.05, 3.63) is 40.4 Å². The predicted octanol–water partition coefficient (Wildman–Crippen LogP) is 0.811. The summed E-state index contributed by atoms with van der Waals surface area (Å²) in [5, 5.41) is 19.3. The van der Waals surface area contributed by atoms with Gasteiger partial charge >= 0.3 is 128 Å². The van der Waals surface area contributed by atoms with Crippen LogP contribution in [0.25, 0.3) is 0 Å². The second kappa shape index (κ2) is 6.41. The van der Waals surface area contributed by atoms with Crippen molar-refractivity contribution in [1.82, 2.24) is 0 Å². The molecule has 1 atom stereocenters. The molecule has 0 fully saturated rings. The van der Waals surface area contributed by atoms with Gasteiger partial charge in [-0.2, -0.15) is 0 Å². The maximum atomic E-state index is 10.9. The Labute approximate surface area is 128 Å². The molecule has 0 bridgehead atoms. The Morgan fingerprint density at radius 1 is 1.43 bits per heavy atom. The number of ether oxygens (including phenoxy) is 2. The molecule has 2 N–H and O–H groups in total. The average Bonchev–Trinajstić information content (AvgIpc) is 2.76. The number of hydrogen-bond acceptors (Lipinski definition) is 5. The van der Waals surface area contributed by atoms with Crippen LogP contribution in [-0.2, 0) is 9.53 Å². The Hall–Kier alpha value is -1.66. The van der Waals surface area contributed by atoms with Gasteiger partial charge in [0.1, 0.15) is 0 Å². The van der Waals surface area contributed by atoms with Crippen molar-refractivity contribution in [3.8, 4) is 5.75 Å². The molecule has 0 saturated heterocycles. The molecule has 1 aromatic rings. The zero-order valence-electron chi connectivity index (χ0n) is 11.6. The van der Waals surface area contributed by atoms with Crippen LogP contribution in [0.5, 0.6) is 5.75 Å². The van der Waals surface area contributed by atoms with Gasteiger partial charge in [0.15, 0.2) is 0 Å². The van der Waals surface area contributed by atoms with Crippen LogP contribution in [-0.4, -0.2) is 55.4 Å². The van der Waals surface area contributed by atoms with Crippen molar-refractivity contribution in [2.24, 2.45) is 4.99 Å². The van der Waals surface area contributed by atoms with Gasteiger partial charge in [0.2, 0.25) is 0 Å². The number of methoxy groups -OCH3 is 1. The van der Waals surface area contributed by atoms with E-state index in [1.807, 2.05) is 12.1 Å². The molecular weight excluding hydrogens is 341 g/mol. The van der Waals surface area contributed by atoms with E-state index >= 15 is 0 Å². The van der Waals surface area contributed by atoms with Crippen molar-refractivity contribution in [2.75, 3.05) is 13.7 Å². The summed E-state index contributed by atoms with van der Waals surface area (Å²) in [6.07, 6.45) is 0.968. The molecule has 0 spiro atoms. The fourth-order valence-electron chi connectivity index (χ4n) is 1.78. The number of nitrogens with zero attached hydrogens (tertiary/aromatic N) is 1. The fraction of sp³-hybridized carbons (Fsp3) is 0.286. The fourth-order valence-corrected chi connectivity index (χ4v) is 3.94. The van der Waals surface area contributed by atoms with Gasteiger partial charge < -0.3 is 0 Å². The Morgan fingerprint density at radius 2 is 2.10 bits per heavy atom. The zero-order valence-corrected chi connectivity index (χ0v) is 13.3. The summed E-state index contributed by atoms with van der Waals surface area (Å²) in [5.41, 5.74) is 0.808. The number of hydrogen-bond donors (Lipinski definition) is 2. The first-order valence-electron chi connectivity index (χ1n) is 6.22. The molecule has 1 heterocycles. The van der Waals surface area contributed by atoms with Gasteiger partial charge in [-0.25, -0.2) is 0 Å². The molecule has 0 saturated carbocycles. The quantitative estimate of drug-likeness (QED) is 0.463. The normalized spacial score (nSPS) is 23.2. The van der Waals surface area contributed by atoms with Crippen LogP contribution in [0.2, 0.25) is 0 Å². The van der Waals surface area contributed by atoms with Crippen molar-refractivity contribution in [1.29, 1.82) is 0 Å². The first kappa shape index (κ1) is 15.7. The van der Waals surface area contributed by atoms with E-state index < -0.39 is 26.8 Å². The van der Waals surface area contributed by atoms with Crippen LogP contribution in [0.4, 0.5) is 0 Å². The molecule has 7 heteroatoms. The Balaban J connectivity index is 2.34. The van der Waals surface area contributed by atoms with Gasteiger partial charge in [0, 0.05) is 0 Å². The van der Waals surface area contributed by atoms with Gasteiger partial charge in [-0.05, 0) is 0 Å². The summed E-state index contributed by atoms with van der Waals surface area (Å²) in [4.78, 5) is 15.0. The van der Waals surface area contributed by atoms with Gasteiger partial charge in [-0.1, -0.05) is 0 Å². The number of carboxylic acid groups (broad SMARTS) is 1. The summed E-state index contributed by atoms with van der Waals surface area (Å²) in [5.74, 6) is -2.29. The minimum atomic E-state index is -1.87. The van der Waals surface area contributed by atoms with E-state index in [4.69, 9.17) is 14.6 Å². The number of carboxylic acids is 1. The standard InChI is InChI=1S/C14H15NO5Se/c1-3-20-14(18)11(8-12(16)17)21-13(15-14)9-4-6-10(19-2)7-5-9/h4-8,18H,3H2,1-2H3,(H,16,17)/b11-8-. The summed E-state index contributed by atoms with van der Waals surface area (Å²) < 4.78 is 11.2. The first-order chi connectivity index (χ1) is 9.98. The van der Waals surface area contributed by atoms with E-state index in [0.717, 1.165) is 11.6 Å². The van der Waals surface area contributed by atoms with Gasteiger partial charge in [-0.3, -0.25) is 0 Å². The summed E-state index contributed by atoms with van der Waals surface area (Å²) in [7, 11) is 1.58. The molecule has 2 rings (SSSR count). The van der Waals surface area contributed by atoms with E-state index in [1.165, 1.54) is 0 Å². The van der Waals surface area contributed by atoms with Crippen molar-refractivity contribution in [3.63, 3.8) is 0 Å². The molecule has 0 amide bonds. The number of carbonyl (C=O) groups is 1. The van der Waals surface area contributed by atoms with Gasteiger partial charge in [0.25, 0.3) is 0 Å². The molecule has 0 aromatic heterocycles. The second-order valence-electron chi connectivity index (χ2n) is 4.14. The molecule has 1 aliphatic heterocycles. The number of aliphatic imine (C=N–C) groups is 1. The SMILES string of the molecule is CCOC1(O)N=C(c2ccc(OC)cc2)[Se]/C1=C\C(=O)O. The number of aliphatic hydroxyl groups is 1. The molecule has 112 valence electrons.